The molecule has 1 aliphatic heterocycles. The first kappa shape index (κ1) is 18.5. The molecule has 1 aromatic heterocycles. The normalized spacial score (nSPS) is 18.3. The summed E-state index contributed by atoms with van der Waals surface area (Å²) in [5.41, 5.74) is -0.529. The smallest absolute Gasteiger partial charge is 0.410 e. The zero-order chi connectivity index (χ0) is 17.9. The van der Waals surface area contributed by atoms with Crippen LogP contribution in [0.2, 0.25) is 0 Å². The van der Waals surface area contributed by atoms with Gasteiger partial charge in [0.1, 0.15) is 11.4 Å². The van der Waals surface area contributed by atoms with Gasteiger partial charge in [-0.3, -0.25) is 5.32 Å². The number of halogens is 1. The number of aromatic nitrogens is 1. The second kappa shape index (κ2) is 7.38. The molecule has 3 amide bonds. The molecule has 1 aliphatic rings. The molecule has 0 bridgehead atoms. The molecule has 1 atom stereocenters. The van der Waals surface area contributed by atoms with Crippen molar-refractivity contribution in [2.45, 2.75) is 39.3 Å². The maximum atomic E-state index is 12.3. The third-order valence-corrected chi connectivity index (χ3v) is 3.97. The minimum atomic E-state index is -0.529. The number of rotatable bonds is 1. The number of urea groups is 1. The molecule has 132 valence electrons. The topological polar surface area (TPSA) is 74.8 Å². The molecule has 1 saturated heterocycles. The second-order valence-electron chi connectivity index (χ2n) is 6.76. The Balaban J connectivity index is 1.91. The van der Waals surface area contributed by atoms with E-state index in [1.807, 2.05) is 33.8 Å². The number of nitrogens with one attached hydrogen (secondary N) is 1. The molecular formula is C16H23BrN4O3. The largest absolute Gasteiger partial charge is 0.444 e. The van der Waals surface area contributed by atoms with Gasteiger partial charge in [0.15, 0.2) is 0 Å². The lowest BCUT2D eigenvalue weighted by atomic mass is 10.2. The highest BCUT2D eigenvalue weighted by atomic mass is 79.9. The van der Waals surface area contributed by atoms with E-state index in [4.69, 9.17) is 4.74 Å². The minimum Gasteiger partial charge on any atom is -0.444 e. The van der Waals surface area contributed by atoms with E-state index in [1.165, 1.54) is 0 Å². The molecule has 0 radical (unpaired) electrons. The third kappa shape index (κ3) is 5.09. The highest BCUT2D eigenvalue weighted by Crippen LogP contribution is 2.17. The van der Waals surface area contributed by atoms with Crippen LogP contribution in [0.25, 0.3) is 0 Å². The first-order valence-electron chi connectivity index (χ1n) is 7.83. The number of nitrogens with zero attached hydrogens (tertiary/aromatic N) is 3. The van der Waals surface area contributed by atoms with Crippen LogP contribution in [-0.4, -0.2) is 58.2 Å². The lowest BCUT2D eigenvalue weighted by Gasteiger charge is -2.40. The first-order valence-corrected chi connectivity index (χ1v) is 8.62. The number of amides is 3. The number of ether oxygens (including phenoxy) is 1. The quantitative estimate of drug-likeness (QED) is 0.786. The van der Waals surface area contributed by atoms with E-state index in [9.17, 15) is 9.59 Å². The van der Waals surface area contributed by atoms with Crippen molar-refractivity contribution in [1.82, 2.24) is 14.8 Å². The lowest BCUT2D eigenvalue weighted by molar-refractivity contribution is 0.00589. The zero-order valence-corrected chi connectivity index (χ0v) is 16.0. The molecule has 0 unspecified atom stereocenters. The number of hydrogen-bond donors (Lipinski definition) is 1. The molecule has 8 heteroatoms. The number of pyridine rings is 1. The van der Waals surface area contributed by atoms with Crippen LogP contribution in [-0.2, 0) is 4.74 Å². The van der Waals surface area contributed by atoms with Gasteiger partial charge in [-0.05, 0) is 55.8 Å². The summed E-state index contributed by atoms with van der Waals surface area (Å²) in [6.07, 6.45) is 1.28. The van der Waals surface area contributed by atoms with Crippen molar-refractivity contribution in [3.05, 3.63) is 22.8 Å². The van der Waals surface area contributed by atoms with Gasteiger partial charge in [0.05, 0.1) is 0 Å². The van der Waals surface area contributed by atoms with Crippen molar-refractivity contribution in [1.29, 1.82) is 0 Å². The van der Waals surface area contributed by atoms with E-state index in [-0.39, 0.29) is 18.2 Å². The van der Waals surface area contributed by atoms with Gasteiger partial charge < -0.3 is 14.5 Å². The highest BCUT2D eigenvalue weighted by molar-refractivity contribution is 9.10. The summed E-state index contributed by atoms with van der Waals surface area (Å²) in [6.45, 7) is 8.76. The standard InChI is InChI=1S/C16H23BrN4O3/c1-11-10-20(7-8-21(11)15(23)24-16(2,3)4)14(22)19-13-6-5-12(17)9-18-13/h5-6,9,11H,7-8,10H2,1-4H3,(H,18,19,22)/t11-/m0/s1. The summed E-state index contributed by atoms with van der Waals surface area (Å²) in [7, 11) is 0. The molecule has 1 fully saturated rings. The van der Waals surface area contributed by atoms with Crippen LogP contribution in [0.4, 0.5) is 15.4 Å². The Hall–Kier alpha value is -1.83. The van der Waals surface area contributed by atoms with Crippen molar-refractivity contribution in [2.75, 3.05) is 25.0 Å². The molecule has 7 nitrogen and oxygen atoms in total. The third-order valence-electron chi connectivity index (χ3n) is 3.51. The molecular weight excluding hydrogens is 376 g/mol. The van der Waals surface area contributed by atoms with E-state index in [1.54, 1.807) is 22.1 Å². The SMILES string of the molecule is C[C@H]1CN(C(=O)Nc2ccc(Br)cn2)CCN1C(=O)OC(C)(C)C. The van der Waals surface area contributed by atoms with Crippen molar-refractivity contribution in [2.24, 2.45) is 0 Å². The van der Waals surface area contributed by atoms with Crippen LogP contribution >= 0.6 is 15.9 Å². The Bertz CT molecular complexity index is 600. The van der Waals surface area contributed by atoms with Gasteiger partial charge in [0.25, 0.3) is 0 Å². The Morgan fingerprint density at radius 2 is 2.04 bits per heavy atom. The predicted molar refractivity (Wildman–Crippen MR) is 94.9 cm³/mol. The average Bonchev–Trinajstić information content (AvgIpc) is 2.47. The Morgan fingerprint density at radius 3 is 2.58 bits per heavy atom. The Labute approximate surface area is 150 Å². The molecule has 2 heterocycles. The van der Waals surface area contributed by atoms with Crippen LogP contribution < -0.4 is 5.32 Å². The summed E-state index contributed by atoms with van der Waals surface area (Å²) in [6, 6.07) is 3.20. The predicted octanol–water partition coefficient (Wildman–Crippen LogP) is 3.32. The number of hydrogen-bond acceptors (Lipinski definition) is 4. The summed E-state index contributed by atoms with van der Waals surface area (Å²) >= 11 is 3.30. The number of anilines is 1. The van der Waals surface area contributed by atoms with Crippen LogP contribution in [0.3, 0.4) is 0 Å². The Morgan fingerprint density at radius 1 is 1.33 bits per heavy atom. The molecule has 24 heavy (non-hydrogen) atoms. The van der Waals surface area contributed by atoms with Gasteiger partial charge in [-0.1, -0.05) is 0 Å². The monoisotopic (exact) mass is 398 g/mol. The van der Waals surface area contributed by atoms with Crippen molar-refractivity contribution >= 4 is 33.9 Å². The first-order chi connectivity index (χ1) is 11.2. The van der Waals surface area contributed by atoms with Crippen LogP contribution in [0.1, 0.15) is 27.7 Å². The summed E-state index contributed by atoms with van der Waals surface area (Å²) in [5, 5.41) is 2.76. The molecule has 0 aliphatic carbocycles. The zero-order valence-electron chi connectivity index (χ0n) is 14.4. The van der Waals surface area contributed by atoms with Gasteiger partial charge >= 0.3 is 12.1 Å². The van der Waals surface area contributed by atoms with Gasteiger partial charge in [0.2, 0.25) is 0 Å². The molecule has 1 N–H and O–H groups in total. The maximum Gasteiger partial charge on any atom is 0.410 e. The Kier molecular flexibility index (Phi) is 5.69. The fourth-order valence-corrected chi connectivity index (χ4v) is 2.61. The van der Waals surface area contributed by atoms with Crippen molar-refractivity contribution in [3.8, 4) is 0 Å². The van der Waals surface area contributed by atoms with Gasteiger partial charge in [-0.2, -0.15) is 0 Å². The summed E-state index contributed by atoms with van der Waals surface area (Å²) in [5.74, 6) is 0.491. The van der Waals surface area contributed by atoms with Crippen molar-refractivity contribution in [3.63, 3.8) is 0 Å². The molecule has 0 saturated carbocycles. The van der Waals surface area contributed by atoms with Gasteiger partial charge in [-0.15, -0.1) is 0 Å². The van der Waals surface area contributed by atoms with E-state index in [2.05, 4.69) is 26.2 Å². The van der Waals surface area contributed by atoms with E-state index < -0.39 is 5.60 Å². The average molecular weight is 399 g/mol. The molecule has 0 aromatic carbocycles. The molecule has 0 spiro atoms. The lowest BCUT2D eigenvalue weighted by Crippen LogP contribution is -2.57. The summed E-state index contributed by atoms with van der Waals surface area (Å²) in [4.78, 5) is 32.0. The molecule has 1 aromatic rings. The van der Waals surface area contributed by atoms with Gasteiger partial charge in [-0.25, -0.2) is 14.6 Å². The highest BCUT2D eigenvalue weighted by Gasteiger charge is 2.32. The number of carbonyl (C=O) groups is 2. The van der Waals surface area contributed by atoms with E-state index in [0.717, 1.165) is 4.47 Å². The van der Waals surface area contributed by atoms with E-state index >= 15 is 0 Å². The number of piperazine rings is 1. The van der Waals surface area contributed by atoms with Crippen molar-refractivity contribution < 1.29 is 14.3 Å². The summed E-state index contributed by atoms with van der Waals surface area (Å²) < 4.78 is 6.25. The maximum absolute atomic E-state index is 12.3. The van der Waals surface area contributed by atoms with Crippen LogP contribution in [0, 0.1) is 0 Å². The minimum absolute atomic E-state index is 0.114. The molecule has 2 rings (SSSR count). The van der Waals surface area contributed by atoms with Crippen LogP contribution in [0.15, 0.2) is 22.8 Å². The van der Waals surface area contributed by atoms with Crippen LogP contribution in [0.5, 0.6) is 0 Å². The van der Waals surface area contributed by atoms with Gasteiger partial charge in [0, 0.05) is 36.3 Å². The number of carbonyl (C=O) groups excluding carboxylic acids is 2. The van der Waals surface area contributed by atoms with E-state index in [0.29, 0.717) is 25.5 Å². The second-order valence-corrected chi connectivity index (χ2v) is 7.68. The fraction of sp³-hybridized carbons (Fsp3) is 0.562. The fourth-order valence-electron chi connectivity index (χ4n) is 2.37.